The van der Waals surface area contributed by atoms with E-state index < -0.39 is 0 Å². The summed E-state index contributed by atoms with van der Waals surface area (Å²) in [5.41, 5.74) is 1.46. The van der Waals surface area contributed by atoms with Crippen LogP contribution in [0.15, 0.2) is 30.3 Å². The lowest BCUT2D eigenvalue weighted by molar-refractivity contribution is 0.0494. The third-order valence-electron chi connectivity index (χ3n) is 4.53. The Morgan fingerprint density at radius 3 is 2.67 bits per heavy atom. The lowest BCUT2D eigenvalue weighted by Gasteiger charge is -2.41. The number of ether oxygens (including phenoxy) is 1. The Balaban J connectivity index is 1.70. The molecule has 1 fully saturated rings. The Kier molecular flexibility index (Phi) is 7.20. The fraction of sp³-hybridized carbons (Fsp3) is 0.667. The van der Waals surface area contributed by atoms with E-state index in [1.54, 1.807) is 7.11 Å². The Hall–Kier alpha value is -0.900. The first kappa shape index (κ1) is 16.5. The summed E-state index contributed by atoms with van der Waals surface area (Å²) in [6, 6.07) is 11.5. The van der Waals surface area contributed by atoms with Crippen molar-refractivity contribution in [1.82, 2.24) is 9.80 Å². The zero-order valence-corrected chi connectivity index (χ0v) is 13.6. The van der Waals surface area contributed by atoms with Crippen molar-refractivity contribution in [3.05, 3.63) is 35.9 Å². The van der Waals surface area contributed by atoms with Gasteiger partial charge in [-0.15, -0.1) is 0 Å². The molecular weight excluding hydrogens is 260 g/mol. The van der Waals surface area contributed by atoms with Gasteiger partial charge in [-0.05, 0) is 31.4 Å². The Morgan fingerprint density at radius 2 is 1.95 bits per heavy atom. The fourth-order valence-electron chi connectivity index (χ4n) is 3.20. The van der Waals surface area contributed by atoms with E-state index in [0.29, 0.717) is 6.04 Å². The second kappa shape index (κ2) is 9.19. The SMILES string of the molecule is CC[C@H]1CN(CCCc2ccccc2)CCN1CCOC. The Morgan fingerprint density at radius 1 is 1.14 bits per heavy atom. The van der Waals surface area contributed by atoms with Crippen LogP contribution >= 0.6 is 0 Å². The van der Waals surface area contributed by atoms with Crippen LogP contribution in [0.25, 0.3) is 0 Å². The zero-order valence-electron chi connectivity index (χ0n) is 13.6. The summed E-state index contributed by atoms with van der Waals surface area (Å²) in [4.78, 5) is 5.23. The number of aryl methyl sites for hydroxylation is 1. The van der Waals surface area contributed by atoms with Gasteiger partial charge in [-0.3, -0.25) is 4.90 Å². The van der Waals surface area contributed by atoms with Crippen molar-refractivity contribution in [1.29, 1.82) is 0 Å². The van der Waals surface area contributed by atoms with Crippen LogP contribution in [0.4, 0.5) is 0 Å². The second-order valence-electron chi connectivity index (χ2n) is 5.98. The highest BCUT2D eigenvalue weighted by Gasteiger charge is 2.24. The highest BCUT2D eigenvalue weighted by atomic mass is 16.5. The van der Waals surface area contributed by atoms with E-state index in [1.807, 2.05) is 0 Å². The van der Waals surface area contributed by atoms with E-state index >= 15 is 0 Å². The van der Waals surface area contributed by atoms with Crippen molar-refractivity contribution in [3.63, 3.8) is 0 Å². The van der Waals surface area contributed by atoms with Crippen LogP contribution in [0.2, 0.25) is 0 Å². The molecule has 118 valence electrons. The van der Waals surface area contributed by atoms with Gasteiger partial charge in [0.1, 0.15) is 0 Å². The third-order valence-corrected chi connectivity index (χ3v) is 4.53. The molecule has 1 atom stereocenters. The van der Waals surface area contributed by atoms with Gasteiger partial charge in [0.05, 0.1) is 6.61 Å². The van der Waals surface area contributed by atoms with Crippen LogP contribution in [0.1, 0.15) is 25.3 Å². The van der Waals surface area contributed by atoms with Crippen molar-refractivity contribution in [3.8, 4) is 0 Å². The van der Waals surface area contributed by atoms with Crippen molar-refractivity contribution < 1.29 is 4.74 Å². The lowest BCUT2D eigenvalue weighted by Crippen LogP contribution is -2.53. The van der Waals surface area contributed by atoms with Crippen LogP contribution in [0.5, 0.6) is 0 Å². The highest BCUT2D eigenvalue weighted by Crippen LogP contribution is 2.13. The Bertz CT molecular complexity index is 382. The molecule has 0 aromatic heterocycles. The molecule has 1 saturated heterocycles. The predicted molar refractivity (Wildman–Crippen MR) is 88.7 cm³/mol. The van der Waals surface area contributed by atoms with E-state index in [-0.39, 0.29) is 0 Å². The molecule has 1 heterocycles. The number of piperazine rings is 1. The number of hydrogen-bond donors (Lipinski definition) is 0. The van der Waals surface area contributed by atoms with Gasteiger partial charge in [-0.2, -0.15) is 0 Å². The minimum atomic E-state index is 0.700. The minimum absolute atomic E-state index is 0.700. The summed E-state index contributed by atoms with van der Waals surface area (Å²) >= 11 is 0. The summed E-state index contributed by atoms with van der Waals surface area (Å²) < 4.78 is 5.22. The first-order valence-electron chi connectivity index (χ1n) is 8.32. The van der Waals surface area contributed by atoms with Gasteiger partial charge >= 0.3 is 0 Å². The number of rotatable bonds is 8. The average molecular weight is 290 g/mol. The van der Waals surface area contributed by atoms with Gasteiger partial charge in [0.15, 0.2) is 0 Å². The molecule has 0 aliphatic carbocycles. The van der Waals surface area contributed by atoms with Gasteiger partial charge in [0.2, 0.25) is 0 Å². The normalized spacial score (nSPS) is 20.8. The quantitative estimate of drug-likeness (QED) is 0.732. The smallest absolute Gasteiger partial charge is 0.0589 e. The summed E-state index contributed by atoms with van der Waals surface area (Å²) in [6.45, 7) is 9.07. The van der Waals surface area contributed by atoms with Gasteiger partial charge < -0.3 is 9.64 Å². The standard InChI is InChI=1S/C18H30N2O/c1-3-18-16-19(12-13-20(18)14-15-21-2)11-7-10-17-8-5-4-6-9-17/h4-6,8-9,18H,3,7,10-16H2,1-2H3/t18-/m0/s1. The molecule has 3 nitrogen and oxygen atoms in total. The Labute approximate surface area is 129 Å². The molecule has 0 spiro atoms. The summed E-state index contributed by atoms with van der Waals surface area (Å²) in [7, 11) is 1.79. The van der Waals surface area contributed by atoms with Crippen LogP contribution in [-0.4, -0.2) is 62.3 Å². The molecule has 1 aromatic carbocycles. The summed E-state index contributed by atoms with van der Waals surface area (Å²) in [6.07, 6.45) is 3.69. The van der Waals surface area contributed by atoms with Crippen molar-refractivity contribution in [2.75, 3.05) is 46.4 Å². The molecule has 0 radical (unpaired) electrons. The van der Waals surface area contributed by atoms with Gasteiger partial charge in [-0.25, -0.2) is 0 Å². The molecule has 2 rings (SSSR count). The van der Waals surface area contributed by atoms with E-state index in [2.05, 4.69) is 47.1 Å². The molecule has 0 unspecified atom stereocenters. The van der Waals surface area contributed by atoms with Crippen LogP contribution in [0, 0.1) is 0 Å². The van der Waals surface area contributed by atoms with Crippen LogP contribution < -0.4 is 0 Å². The molecule has 3 heteroatoms. The maximum absolute atomic E-state index is 5.22. The van der Waals surface area contributed by atoms with Crippen molar-refractivity contribution in [2.45, 2.75) is 32.2 Å². The number of hydrogen-bond acceptors (Lipinski definition) is 3. The minimum Gasteiger partial charge on any atom is -0.383 e. The molecule has 1 aromatic rings. The number of methoxy groups -OCH3 is 1. The largest absolute Gasteiger partial charge is 0.383 e. The second-order valence-corrected chi connectivity index (χ2v) is 5.98. The van der Waals surface area contributed by atoms with Gasteiger partial charge in [0, 0.05) is 39.3 Å². The molecule has 0 saturated carbocycles. The van der Waals surface area contributed by atoms with E-state index in [0.717, 1.165) is 13.2 Å². The average Bonchev–Trinajstić information content (AvgIpc) is 2.54. The fourth-order valence-corrected chi connectivity index (χ4v) is 3.20. The van der Waals surface area contributed by atoms with E-state index in [9.17, 15) is 0 Å². The van der Waals surface area contributed by atoms with Gasteiger partial charge in [-0.1, -0.05) is 37.3 Å². The first-order chi connectivity index (χ1) is 10.3. The molecule has 0 bridgehead atoms. The zero-order chi connectivity index (χ0) is 14.9. The monoisotopic (exact) mass is 290 g/mol. The highest BCUT2D eigenvalue weighted by molar-refractivity contribution is 5.14. The number of benzene rings is 1. The number of nitrogens with zero attached hydrogens (tertiary/aromatic N) is 2. The topological polar surface area (TPSA) is 15.7 Å². The maximum Gasteiger partial charge on any atom is 0.0589 e. The molecule has 1 aliphatic heterocycles. The summed E-state index contributed by atoms with van der Waals surface area (Å²) in [5, 5.41) is 0. The van der Waals surface area contributed by atoms with E-state index in [1.165, 1.54) is 51.0 Å². The van der Waals surface area contributed by atoms with Gasteiger partial charge in [0.25, 0.3) is 0 Å². The first-order valence-corrected chi connectivity index (χ1v) is 8.32. The van der Waals surface area contributed by atoms with E-state index in [4.69, 9.17) is 4.74 Å². The molecule has 21 heavy (non-hydrogen) atoms. The van der Waals surface area contributed by atoms with Crippen LogP contribution in [-0.2, 0) is 11.2 Å². The maximum atomic E-state index is 5.22. The van der Waals surface area contributed by atoms with Crippen molar-refractivity contribution >= 4 is 0 Å². The van der Waals surface area contributed by atoms with Crippen molar-refractivity contribution in [2.24, 2.45) is 0 Å². The third kappa shape index (κ3) is 5.42. The molecule has 0 N–H and O–H groups in total. The molecule has 1 aliphatic rings. The molecular formula is C18H30N2O. The van der Waals surface area contributed by atoms with Crippen LogP contribution in [0.3, 0.4) is 0 Å². The molecule has 0 amide bonds. The summed E-state index contributed by atoms with van der Waals surface area (Å²) in [5.74, 6) is 0. The lowest BCUT2D eigenvalue weighted by atomic mass is 10.1. The predicted octanol–water partition coefficient (Wildman–Crippen LogP) is 2.66.